The number of carbonyl (C=O) groups is 1. The van der Waals surface area contributed by atoms with Crippen LogP contribution < -0.4 is 15.4 Å². The van der Waals surface area contributed by atoms with Crippen LogP contribution in [0.2, 0.25) is 0 Å². The summed E-state index contributed by atoms with van der Waals surface area (Å²) < 4.78 is 10.7. The fourth-order valence-corrected chi connectivity index (χ4v) is 4.48. The van der Waals surface area contributed by atoms with Gasteiger partial charge in [0.15, 0.2) is 5.76 Å². The first-order valence-electron chi connectivity index (χ1n) is 10.4. The predicted octanol–water partition coefficient (Wildman–Crippen LogP) is 6.07. The SMILES string of the molecule is CCc1cc([C@@H](Nc2cccc(C)n2)c2cccc(OC)c2)c(NC(=O)c2ccco2)s1. The van der Waals surface area contributed by atoms with E-state index in [1.165, 1.54) is 11.1 Å². The van der Waals surface area contributed by atoms with Gasteiger partial charge in [0.2, 0.25) is 0 Å². The topological polar surface area (TPSA) is 76.4 Å². The summed E-state index contributed by atoms with van der Waals surface area (Å²) in [4.78, 5) is 18.5. The number of aryl methyl sites for hydroxylation is 2. The van der Waals surface area contributed by atoms with Crippen molar-refractivity contribution in [3.63, 3.8) is 0 Å². The molecule has 3 heterocycles. The van der Waals surface area contributed by atoms with Gasteiger partial charge in [-0.15, -0.1) is 11.3 Å². The van der Waals surface area contributed by atoms with E-state index in [0.717, 1.165) is 39.8 Å². The Morgan fingerprint density at radius 2 is 2.00 bits per heavy atom. The van der Waals surface area contributed by atoms with E-state index in [9.17, 15) is 4.79 Å². The summed E-state index contributed by atoms with van der Waals surface area (Å²) in [5.41, 5.74) is 2.88. The maximum atomic E-state index is 12.7. The quantitative estimate of drug-likeness (QED) is 0.343. The summed E-state index contributed by atoms with van der Waals surface area (Å²) in [7, 11) is 1.65. The lowest BCUT2D eigenvalue weighted by Crippen LogP contribution is -2.17. The fourth-order valence-electron chi connectivity index (χ4n) is 3.45. The highest BCUT2D eigenvalue weighted by molar-refractivity contribution is 7.16. The Labute approximate surface area is 191 Å². The molecule has 4 aromatic rings. The number of rotatable bonds is 8. The van der Waals surface area contributed by atoms with Crippen molar-refractivity contribution in [1.82, 2.24) is 4.98 Å². The van der Waals surface area contributed by atoms with Crippen LogP contribution in [0.4, 0.5) is 10.8 Å². The highest BCUT2D eigenvalue weighted by atomic mass is 32.1. The van der Waals surface area contributed by atoms with Crippen LogP contribution in [-0.2, 0) is 6.42 Å². The van der Waals surface area contributed by atoms with Gasteiger partial charge in [0.25, 0.3) is 5.91 Å². The molecule has 1 atom stereocenters. The van der Waals surface area contributed by atoms with Crippen LogP contribution in [0, 0.1) is 6.92 Å². The fraction of sp³-hybridized carbons (Fsp3) is 0.200. The number of aromatic nitrogens is 1. The number of ether oxygens (including phenoxy) is 1. The van der Waals surface area contributed by atoms with Crippen molar-refractivity contribution in [1.29, 1.82) is 0 Å². The molecule has 0 aliphatic heterocycles. The number of hydrogen-bond acceptors (Lipinski definition) is 6. The Kier molecular flexibility index (Phi) is 6.56. The van der Waals surface area contributed by atoms with Crippen molar-refractivity contribution >= 4 is 28.1 Å². The number of carbonyl (C=O) groups excluding carboxylic acids is 1. The normalized spacial score (nSPS) is 11.7. The summed E-state index contributed by atoms with van der Waals surface area (Å²) >= 11 is 1.57. The zero-order valence-electron chi connectivity index (χ0n) is 18.2. The smallest absolute Gasteiger partial charge is 0.291 e. The highest BCUT2D eigenvalue weighted by Gasteiger charge is 2.23. The van der Waals surface area contributed by atoms with Gasteiger partial charge in [0.05, 0.1) is 19.4 Å². The molecule has 7 heteroatoms. The van der Waals surface area contributed by atoms with Crippen LogP contribution >= 0.6 is 11.3 Å². The maximum absolute atomic E-state index is 12.7. The van der Waals surface area contributed by atoms with E-state index in [4.69, 9.17) is 9.15 Å². The van der Waals surface area contributed by atoms with Gasteiger partial charge in [0.1, 0.15) is 16.6 Å². The third kappa shape index (κ3) is 4.84. The second-order valence-corrected chi connectivity index (χ2v) is 8.44. The van der Waals surface area contributed by atoms with Crippen LogP contribution in [0.25, 0.3) is 0 Å². The lowest BCUT2D eigenvalue weighted by Gasteiger charge is -2.21. The summed E-state index contributed by atoms with van der Waals surface area (Å²) in [6.07, 6.45) is 2.35. The number of methoxy groups -OCH3 is 1. The third-order valence-electron chi connectivity index (χ3n) is 5.05. The van der Waals surface area contributed by atoms with Gasteiger partial charge >= 0.3 is 0 Å². The molecule has 2 N–H and O–H groups in total. The van der Waals surface area contributed by atoms with Crippen molar-refractivity contribution < 1.29 is 13.9 Å². The molecule has 1 aromatic carbocycles. The molecule has 1 amide bonds. The van der Waals surface area contributed by atoms with E-state index in [1.54, 1.807) is 30.6 Å². The van der Waals surface area contributed by atoms with Gasteiger partial charge in [-0.3, -0.25) is 4.79 Å². The number of amides is 1. The minimum Gasteiger partial charge on any atom is -0.497 e. The maximum Gasteiger partial charge on any atom is 0.291 e. The van der Waals surface area contributed by atoms with Gasteiger partial charge in [-0.1, -0.05) is 25.1 Å². The molecule has 0 saturated carbocycles. The summed E-state index contributed by atoms with van der Waals surface area (Å²) in [5.74, 6) is 1.51. The van der Waals surface area contributed by atoms with Gasteiger partial charge in [-0.25, -0.2) is 4.98 Å². The van der Waals surface area contributed by atoms with Crippen molar-refractivity contribution in [3.05, 3.63) is 94.4 Å². The number of anilines is 2. The van der Waals surface area contributed by atoms with E-state index >= 15 is 0 Å². The third-order valence-corrected chi connectivity index (χ3v) is 6.26. The number of nitrogens with one attached hydrogen (secondary N) is 2. The number of benzene rings is 1. The second-order valence-electron chi connectivity index (χ2n) is 7.30. The summed E-state index contributed by atoms with van der Waals surface area (Å²) in [6, 6.07) is 19.0. The predicted molar refractivity (Wildman–Crippen MR) is 128 cm³/mol. The van der Waals surface area contributed by atoms with Gasteiger partial charge in [0, 0.05) is 16.1 Å². The highest BCUT2D eigenvalue weighted by Crippen LogP contribution is 2.38. The molecule has 32 heavy (non-hydrogen) atoms. The molecular formula is C25H25N3O3S. The molecule has 0 spiro atoms. The molecule has 0 aliphatic carbocycles. The average Bonchev–Trinajstić information content (AvgIpc) is 3.48. The Balaban J connectivity index is 1.77. The molecular weight excluding hydrogens is 422 g/mol. The number of hydrogen-bond donors (Lipinski definition) is 2. The largest absolute Gasteiger partial charge is 0.497 e. The first-order valence-corrected chi connectivity index (χ1v) is 11.2. The molecule has 0 fully saturated rings. The first kappa shape index (κ1) is 21.6. The molecule has 0 unspecified atom stereocenters. The molecule has 0 radical (unpaired) electrons. The van der Waals surface area contributed by atoms with E-state index < -0.39 is 0 Å². The van der Waals surface area contributed by atoms with Crippen molar-refractivity contribution in [2.24, 2.45) is 0 Å². The van der Waals surface area contributed by atoms with Crippen molar-refractivity contribution in [2.45, 2.75) is 26.3 Å². The Hall–Kier alpha value is -3.58. The van der Waals surface area contributed by atoms with Crippen molar-refractivity contribution in [2.75, 3.05) is 17.7 Å². The zero-order chi connectivity index (χ0) is 22.5. The average molecular weight is 448 g/mol. The minimum absolute atomic E-state index is 0.247. The zero-order valence-corrected chi connectivity index (χ0v) is 19.0. The molecule has 6 nitrogen and oxygen atoms in total. The van der Waals surface area contributed by atoms with E-state index in [1.807, 2.05) is 49.4 Å². The molecule has 4 rings (SSSR count). The van der Waals surface area contributed by atoms with Gasteiger partial charge < -0.3 is 19.8 Å². The van der Waals surface area contributed by atoms with Crippen LogP contribution in [-0.4, -0.2) is 18.0 Å². The Bertz CT molecular complexity index is 1200. The molecule has 0 aliphatic rings. The van der Waals surface area contributed by atoms with Crippen molar-refractivity contribution in [3.8, 4) is 5.75 Å². The first-order chi connectivity index (χ1) is 15.6. The lowest BCUT2D eigenvalue weighted by atomic mass is 9.99. The number of nitrogens with zero attached hydrogens (tertiary/aromatic N) is 1. The van der Waals surface area contributed by atoms with Crippen LogP contribution in [0.1, 0.15) is 45.2 Å². The van der Waals surface area contributed by atoms with Crippen LogP contribution in [0.5, 0.6) is 5.75 Å². The minimum atomic E-state index is -0.279. The molecule has 0 saturated heterocycles. The molecule has 0 bridgehead atoms. The molecule has 164 valence electrons. The van der Waals surface area contributed by atoms with E-state index in [2.05, 4.69) is 28.6 Å². The molecule has 3 aromatic heterocycles. The standard InChI is InChI=1S/C25H25N3O3S/c1-4-19-15-20(25(32-19)28-24(29)21-11-7-13-31-21)23(17-9-6-10-18(14-17)30-3)27-22-12-5-8-16(2)26-22/h5-15,23H,4H2,1-3H3,(H,26,27)(H,28,29)/t23-/m0/s1. The Morgan fingerprint density at radius 1 is 1.16 bits per heavy atom. The lowest BCUT2D eigenvalue weighted by molar-refractivity contribution is 0.0997. The number of furan rings is 1. The van der Waals surface area contributed by atoms with Crippen LogP contribution in [0.15, 0.2) is 71.3 Å². The Morgan fingerprint density at radius 3 is 2.72 bits per heavy atom. The van der Waals surface area contributed by atoms with E-state index in [-0.39, 0.29) is 17.7 Å². The monoisotopic (exact) mass is 447 g/mol. The second kappa shape index (κ2) is 9.70. The number of thiophene rings is 1. The van der Waals surface area contributed by atoms with E-state index in [0.29, 0.717) is 0 Å². The van der Waals surface area contributed by atoms with Crippen LogP contribution in [0.3, 0.4) is 0 Å². The van der Waals surface area contributed by atoms with Gasteiger partial charge in [-0.05, 0) is 61.4 Å². The summed E-state index contributed by atoms with van der Waals surface area (Å²) in [5, 5.41) is 7.37. The number of pyridine rings is 1. The van der Waals surface area contributed by atoms with Gasteiger partial charge in [-0.2, -0.15) is 0 Å². The summed E-state index contributed by atoms with van der Waals surface area (Å²) in [6.45, 7) is 4.06.